The van der Waals surface area contributed by atoms with Gasteiger partial charge in [0.1, 0.15) is 0 Å². The van der Waals surface area contributed by atoms with E-state index in [1.165, 1.54) is 4.90 Å². The van der Waals surface area contributed by atoms with E-state index in [1.807, 2.05) is 0 Å². The standard InChI is InChI=1S/C10H18N2O5S/c1-7(18(2)16)5-11-10(15)12-3-4-17-8(6-12)9(13)14/h7-8H,3-6H2,1-2H3,(H,11,15)(H,13,14). The Morgan fingerprint density at radius 1 is 1.61 bits per heavy atom. The summed E-state index contributed by atoms with van der Waals surface area (Å²) in [5, 5.41) is 11.3. The molecule has 0 radical (unpaired) electrons. The smallest absolute Gasteiger partial charge is 0.334 e. The van der Waals surface area contributed by atoms with E-state index in [2.05, 4.69) is 5.32 Å². The van der Waals surface area contributed by atoms with Gasteiger partial charge in [-0.25, -0.2) is 9.59 Å². The van der Waals surface area contributed by atoms with E-state index >= 15 is 0 Å². The maximum Gasteiger partial charge on any atom is 0.334 e. The lowest BCUT2D eigenvalue weighted by Crippen LogP contribution is -2.52. The number of hydrogen-bond donors (Lipinski definition) is 2. The number of ether oxygens (including phenoxy) is 1. The highest BCUT2D eigenvalue weighted by Gasteiger charge is 2.28. The summed E-state index contributed by atoms with van der Waals surface area (Å²) >= 11 is 0. The first-order chi connectivity index (χ1) is 8.41. The van der Waals surface area contributed by atoms with Crippen molar-refractivity contribution in [1.29, 1.82) is 0 Å². The number of carbonyl (C=O) groups is 2. The van der Waals surface area contributed by atoms with Crippen LogP contribution in [-0.2, 0) is 20.3 Å². The quantitative estimate of drug-likeness (QED) is 0.705. The van der Waals surface area contributed by atoms with Crippen molar-refractivity contribution in [2.24, 2.45) is 0 Å². The first-order valence-electron chi connectivity index (χ1n) is 5.61. The van der Waals surface area contributed by atoms with Crippen molar-refractivity contribution in [1.82, 2.24) is 10.2 Å². The summed E-state index contributed by atoms with van der Waals surface area (Å²) < 4.78 is 16.1. The minimum Gasteiger partial charge on any atom is -0.479 e. The molecule has 2 amide bonds. The number of amides is 2. The van der Waals surface area contributed by atoms with Crippen molar-refractivity contribution in [3.05, 3.63) is 0 Å². The molecule has 0 aliphatic carbocycles. The largest absolute Gasteiger partial charge is 0.479 e. The van der Waals surface area contributed by atoms with Crippen LogP contribution in [0.5, 0.6) is 0 Å². The van der Waals surface area contributed by atoms with Crippen LogP contribution in [0.25, 0.3) is 0 Å². The molecule has 0 bridgehead atoms. The summed E-state index contributed by atoms with van der Waals surface area (Å²) in [6, 6.07) is -0.346. The lowest BCUT2D eigenvalue weighted by Gasteiger charge is -2.31. The van der Waals surface area contributed by atoms with Gasteiger partial charge in [-0.1, -0.05) is 0 Å². The molecule has 3 unspecified atom stereocenters. The molecular weight excluding hydrogens is 260 g/mol. The SMILES string of the molecule is CC(CNC(=O)N1CCOC(C(=O)O)C1)S(C)=O. The predicted molar refractivity (Wildman–Crippen MR) is 65.9 cm³/mol. The summed E-state index contributed by atoms with van der Waals surface area (Å²) in [5.41, 5.74) is 0. The van der Waals surface area contributed by atoms with E-state index in [4.69, 9.17) is 9.84 Å². The minimum atomic E-state index is -1.07. The van der Waals surface area contributed by atoms with Crippen molar-refractivity contribution >= 4 is 22.8 Å². The topological polar surface area (TPSA) is 95.9 Å². The number of urea groups is 1. The Balaban J connectivity index is 2.42. The number of nitrogens with zero attached hydrogens (tertiary/aromatic N) is 1. The van der Waals surface area contributed by atoms with Gasteiger partial charge in [0.2, 0.25) is 0 Å². The Labute approximate surface area is 108 Å². The molecule has 1 aliphatic rings. The molecule has 8 heteroatoms. The Morgan fingerprint density at radius 2 is 2.28 bits per heavy atom. The van der Waals surface area contributed by atoms with Crippen LogP contribution in [0, 0.1) is 0 Å². The fourth-order valence-corrected chi connectivity index (χ4v) is 1.76. The average molecular weight is 278 g/mol. The molecule has 1 rings (SSSR count). The van der Waals surface area contributed by atoms with Crippen LogP contribution in [0.2, 0.25) is 0 Å². The van der Waals surface area contributed by atoms with Crippen molar-refractivity contribution in [2.45, 2.75) is 18.3 Å². The summed E-state index contributed by atoms with van der Waals surface area (Å²) in [6.07, 6.45) is 0.605. The van der Waals surface area contributed by atoms with Crippen LogP contribution in [0.3, 0.4) is 0 Å². The average Bonchev–Trinajstić information content (AvgIpc) is 2.35. The van der Waals surface area contributed by atoms with Gasteiger partial charge in [0.05, 0.1) is 13.2 Å². The van der Waals surface area contributed by atoms with E-state index in [0.717, 1.165) is 0 Å². The van der Waals surface area contributed by atoms with E-state index in [0.29, 0.717) is 13.1 Å². The van der Waals surface area contributed by atoms with Crippen molar-refractivity contribution < 1.29 is 23.6 Å². The van der Waals surface area contributed by atoms with Crippen LogP contribution in [-0.4, -0.2) is 70.1 Å². The van der Waals surface area contributed by atoms with Gasteiger partial charge >= 0.3 is 12.0 Å². The minimum absolute atomic E-state index is 0.0325. The number of morpholine rings is 1. The zero-order chi connectivity index (χ0) is 13.7. The predicted octanol–water partition coefficient (Wildman–Crippen LogP) is -0.752. The molecular formula is C10H18N2O5S. The molecule has 0 aromatic heterocycles. The van der Waals surface area contributed by atoms with Crippen LogP contribution in [0.4, 0.5) is 4.79 Å². The zero-order valence-corrected chi connectivity index (χ0v) is 11.2. The second-order valence-electron chi connectivity index (χ2n) is 4.14. The maximum absolute atomic E-state index is 11.8. The van der Waals surface area contributed by atoms with Gasteiger partial charge in [0, 0.05) is 35.4 Å². The Kier molecular flexibility index (Phi) is 5.54. The number of nitrogens with one attached hydrogen (secondary N) is 1. The van der Waals surface area contributed by atoms with Gasteiger partial charge in [0.25, 0.3) is 0 Å². The van der Waals surface area contributed by atoms with Crippen LogP contribution >= 0.6 is 0 Å². The highest BCUT2D eigenvalue weighted by molar-refractivity contribution is 7.84. The van der Waals surface area contributed by atoms with Gasteiger partial charge in [-0.2, -0.15) is 0 Å². The van der Waals surface area contributed by atoms with Crippen molar-refractivity contribution in [3.8, 4) is 0 Å². The van der Waals surface area contributed by atoms with E-state index in [1.54, 1.807) is 13.2 Å². The number of carbonyl (C=O) groups excluding carboxylic acids is 1. The Bertz CT molecular complexity index is 349. The molecule has 1 heterocycles. The second-order valence-corrected chi connectivity index (χ2v) is 5.94. The number of rotatable bonds is 4. The third-order valence-corrected chi connectivity index (χ3v) is 4.04. The highest BCUT2D eigenvalue weighted by Crippen LogP contribution is 2.05. The molecule has 18 heavy (non-hydrogen) atoms. The monoisotopic (exact) mass is 278 g/mol. The lowest BCUT2D eigenvalue weighted by molar-refractivity contribution is -0.154. The summed E-state index contributed by atoms with van der Waals surface area (Å²) in [4.78, 5) is 23.9. The molecule has 2 N–H and O–H groups in total. The van der Waals surface area contributed by atoms with Gasteiger partial charge in [-0.3, -0.25) is 4.21 Å². The lowest BCUT2D eigenvalue weighted by atomic mass is 10.3. The van der Waals surface area contributed by atoms with Crippen LogP contribution in [0.15, 0.2) is 0 Å². The van der Waals surface area contributed by atoms with Crippen LogP contribution in [0.1, 0.15) is 6.92 Å². The van der Waals surface area contributed by atoms with Gasteiger partial charge in [0.15, 0.2) is 6.10 Å². The molecule has 1 aliphatic heterocycles. The summed E-state index contributed by atoms with van der Waals surface area (Å²) in [6.45, 7) is 2.68. The van der Waals surface area contributed by atoms with Gasteiger partial charge in [-0.05, 0) is 6.92 Å². The molecule has 0 saturated carbocycles. The van der Waals surface area contributed by atoms with E-state index in [-0.39, 0.29) is 24.4 Å². The molecule has 1 fully saturated rings. The van der Waals surface area contributed by atoms with E-state index in [9.17, 15) is 13.8 Å². The summed E-state index contributed by atoms with van der Waals surface area (Å²) in [7, 11) is -0.998. The number of aliphatic carboxylic acids is 1. The van der Waals surface area contributed by atoms with Gasteiger partial charge in [-0.15, -0.1) is 0 Å². The normalized spacial score (nSPS) is 23.2. The van der Waals surface area contributed by atoms with Crippen molar-refractivity contribution in [2.75, 3.05) is 32.5 Å². The van der Waals surface area contributed by atoms with Gasteiger partial charge < -0.3 is 20.1 Å². The summed E-state index contributed by atoms with van der Waals surface area (Å²) in [5.74, 6) is -1.07. The third kappa shape index (κ3) is 4.26. The molecule has 3 atom stereocenters. The third-order valence-electron chi connectivity index (χ3n) is 2.74. The fourth-order valence-electron chi connectivity index (χ4n) is 1.44. The highest BCUT2D eigenvalue weighted by atomic mass is 32.2. The molecule has 1 saturated heterocycles. The maximum atomic E-state index is 11.8. The molecule has 7 nitrogen and oxygen atoms in total. The first-order valence-corrected chi connectivity index (χ1v) is 7.23. The second kappa shape index (κ2) is 6.69. The number of carboxylic acids is 1. The Morgan fingerprint density at radius 3 is 2.83 bits per heavy atom. The van der Waals surface area contributed by atoms with Crippen LogP contribution < -0.4 is 5.32 Å². The zero-order valence-electron chi connectivity index (χ0n) is 10.4. The molecule has 0 aromatic rings. The number of hydrogen-bond acceptors (Lipinski definition) is 4. The fraction of sp³-hybridized carbons (Fsp3) is 0.800. The van der Waals surface area contributed by atoms with E-state index < -0.39 is 22.9 Å². The molecule has 0 spiro atoms. The molecule has 0 aromatic carbocycles. The molecule has 104 valence electrons. The number of carboxylic acid groups (broad SMARTS) is 1. The first kappa shape index (κ1) is 14.9. The van der Waals surface area contributed by atoms with Crippen molar-refractivity contribution in [3.63, 3.8) is 0 Å². The Hall–Kier alpha value is -1.15.